The lowest BCUT2D eigenvalue weighted by atomic mass is 9.98. The normalized spacial score (nSPS) is 11.2. The third-order valence-electron chi connectivity index (χ3n) is 6.45. The molecule has 0 aliphatic heterocycles. The minimum absolute atomic E-state index is 0.0822. The van der Waals surface area contributed by atoms with Crippen LogP contribution < -0.4 is 10.5 Å². The Bertz CT molecular complexity index is 1520. The van der Waals surface area contributed by atoms with Gasteiger partial charge in [0.05, 0.1) is 16.9 Å². The monoisotopic (exact) mass is 513 g/mol. The number of anilines is 1. The molecule has 4 aromatic carbocycles. The molecule has 1 heterocycles. The van der Waals surface area contributed by atoms with E-state index < -0.39 is 0 Å². The van der Waals surface area contributed by atoms with Crippen LogP contribution in [0.4, 0.5) is 5.69 Å². The Morgan fingerprint density at radius 1 is 0.833 bits per heavy atom. The molecular formula is C30H25Cl2N3O. The smallest absolute Gasteiger partial charge is 0.262 e. The number of rotatable bonds is 6. The summed E-state index contributed by atoms with van der Waals surface area (Å²) in [6.45, 7) is 2.40. The topological polar surface area (TPSA) is 38.1 Å². The van der Waals surface area contributed by atoms with E-state index in [9.17, 15) is 4.79 Å². The third kappa shape index (κ3) is 4.62. The predicted octanol–water partition coefficient (Wildman–Crippen LogP) is 7.29. The number of halogens is 2. The highest BCUT2D eigenvalue weighted by Gasteiger charge is 2.22. The van der Waals surface area contributed by atoms with E-state index in [1.807, 2.05) is 116 Å². The molecule has 0 atom stereocenters. The van der Waals surface area contributed by atoms with Crippen molar-refractivity contribution in [3.8, 4) is 0 Å². The van der Waals surface area contributed by atoms with E-state index in [1.54, 1.807) is 4.57 Å². The fraction of sp³-hybridized carbons (Fsp3) is 0.133. The molecule has 6 heteroatoms. The molecule has 0 saturated heterocycles. The number of nitrogens with zero attached hydrogens (tertiary/aromatic N) is 3. The fourth-order valence-corrected chi connectivity index (χ4v) is 5.13. The van der Waals surface area contributed by atoms with E-state index in [1.165, 1.54) is 0 Å². The molecule has 180 valence electrons. The summed E-state index contributed by atoms with van der Waals surface area (Å²) in [4.78, 5) is 20.9. The van der Waals surface area contributed by atoms with Gasteiger partial charge in [-0.15, -0.1) is 0 Å². The van der Waals surface area contributed by atoms with E-state index >= 15 is 0 Å². The summed E-state index contributed by atoms with van der Waals surface area (Å²) in [6.07, 6.45) is 0. The van der Waals surface area contributed by atoms with Crippen LogP contribution in [-0.2, 0) is 6.54 Å². The maximum Gasteiger partial charge on any atom is 0.262 e. The zero-order chi connectivity index (χ0) is 25.2. The summed E-state index contributed by atoms with van der Waals surface area (Å²) in [5.74, 6) is 0.661. The Hall–Kier alpha value is -3.60. The molecule has 0 amide bonds. The maximum atomic E-state index is 14.0. The van der Waals surface area contributed by atoms with Crippen LogP contribution >= 0.6 is 23.2 Å². The number of fused-ring (bicyclic) bond motifs is 1. The fourth-order valence-electron chi connectivity index (χ4n) is 4.61. The van der Waals surface area contributed by atoms with Crippen LogP contribution in [0, 0.1) is 6.92 Å². The number of hydrogen-bond acceptors (Lipinski definition) is 3. The predicted molar refractivity (Wildman–Crippen MR) is 149 cm³/mol. The van der Waals surface area contributed by atoms with Gasteiger partial charge in [-0.3, -0.25) is 9.36 Å². The summed E-state index contributed by atoms with van der Waals surface area (Å²) in [7, 11) is 1.96. The molecular weight excluding hydrogens is 489 g/mol. The van der Waals surface area contributed by atoms with Crippen LogP contribution in [0.25, 0.3) is 10.9 Å². The summed E-state index contributed by atoms with van der Waals surface area (Å²) in [5, 5.41) is 1.79. The molecule has 5 aromatic rings. The molecule has 0 saturated carbocycles. The second-order valence-corrected chi connectivity index (χ2v) is 9.63. The minimum atomic E-state index is -0.292. The first kappa shape index (κ1) is 24.1. The number of aromatic nitrogens is 2. The number of benzene rings is 4. The van der Waals surface area contributed by atoms with Gasteiger partial charge in [0, 0.05) is 34.9 Å². The molecule has 0 spiro atoms. The highest BCUT2D eigenvalue weighted by Crippen LogP contribution is 2.30. The Labute approximate surface area is 220 Å². The van der Waals surface area contributed by atoms with Gasteiger partial charge in [-0.2, -0.15) is 0 Å². The van der Waals surface area contributed by atoms with Gasteiger partial charge in [0.25, 0.3) is 5.56 Å². The first-order valence-corrected chi connectivity index (χ1v) is 12.5. The number of hydrogen-bond donors (Lipinski definition) is 0. The van der Waals surface area contributed by atoms with E-state index in [2.05, 4.69) is 0 Å². The van der Waals surface area contributed by atoms with Crippen LogP contribution in [0.1, 0.15) is 28.6 Å². The van der Waals surface area contributed by atoms with Crippen molar-refractivity contribution in [1.82, 2.24) is 9.55 Å². The third-order valence-corrected chi connectivity index (χ3v) is 7.16. The number of aryl methyl sites for hydroxylation is 1. The van der Waals surface area contributed by atoms with Gasteiger partial charge >= 0.3 is 0 Å². The molecule has 0 radical (unpaired) electrons. The Kier molecular flexibility index (Phi) is 6.82. The van der Waals surface area contributed by atoms with Gasteiger partial charge in [0.2, 0.25) is 0 Å². The van der Waals surface area contributed by atoms with Crippen molar-refractivity contribution in [2.45, 2.75) is 19.5 Å². The van der Waals surface area contributed by atoms with Gasteiger partial charge in [-0.1, -0.05) is 89.9 Å². The van der Waals surface area contributed by atoms with Crippen molar-refractivity contribution in [1.29, 1.82) is 0 Å². The van der Waals surface area contributed by atoms with Crippen molar-refractivity contribution in [2.24, 2.45) is 0 Å². The molecule has 4 nitrogen and oxygen atoms in total. The van der Waals surface area contributed by atoms with Crippen molar-refractivity contribution >= 4 is 39.8 Å². The zero-order valence-electron chi connectivity index (χ0n) is 20.0. The van der Waals surface area contributed by atoms with E-state index in [4.69, 9.17) is 28.2 Å². The first-order valence-electron chi connectivity index (χ1n) is 11.7. The molecule has 0 aliphatic carbocycles. The zero-order valence-corrected chi connectivity index (χ0v) is 21.5. The standard InChI is InChI=1S/C30H25Cl2N3O/c1-20-33-28-17-16-23(34(2)19-25-26(31)14-9-15-27(25)32)18-24(28)30(36)35(20)29(21-10-5-3-6-11-21)22-12-7-4-8-13-22/h3-18,29H,19H2,1-2H3. The summed E-state index contributed by atoms with van der Waals surface area (Å²) in [5.41, 5.74) is 4.36. The van der Waals surface area contributed by atoms with Crippen molar-refractivity contribution in [3.63, 3.8) is 0 Å². The molecule has 0 N–H and O–H groups in total. The summed E-state index contributed by atoms with van der Waals surface area (Å²) in [6, 6.07) is 31.1. The van der Waals surface area contributed by atoms with Gasteiger partial charge < -0.3 is 4.90 Å². The molecule has 5 rings (SSSR count). The SMILES string of the molecule is Cc1nc2ccc(N(C)Cc3c(Cl)cccc3Cl)cc2c(=O)n1C(c1ccccc1)c1ccccc1. The summed E-state index contributed by atoms with van der Waals surface area (Å²) < 4.78 is 1.79. The first-order chi connectivity index (χ1) is 17.4. The van der Waals surface area contributed by atoms with E-state index in [0.717, 1.165) is 22.4 Å². The quantitative estimate of drug-likeness (QED) is 0.239. The Balaban J connectivity index is 1.63. The molecule has 36 heavy (non-hydrogen) atoms. The largest absolute Gasteiger partial charge is 0.370 e. The van der Waals surface area contributed by atoms with Crippen molar-refractivity contribution < 1.29 is 0 Å². The van der Waals surface area contributed by atoms with Crippen molar-refractivity contribution in [3.05, 3.63) is 140 Å². The molecule has 0 aliphatic rings. The lowest BCUT2D eigenvalue weighted by Gasteiger charge is -2.24. The Morgan fingerprint density at radius 3 is 2.00 bits per heavy atom. The van der Waals surface area contributed by atoms with Crippen molar-refractivity contribution in [2.75, 3.05) is 11.9 Å². The van der Waals surface area contributed by atoms with E-state index in [-0.39, 0.29) is 11.6 Å². The van der Waals surface area contributed by atoms with Crippen LogP contribution in [0.2, 0.25) is 10.0 Å². The van der Waals surface area contributed by atoms with Crippen LogP contribution in [0.15, 0.2) is 102 Å². The molecule has 0 unspecified atom stereocenters. The van der Waals surface area contributed by atoms with Gasteiger partial charge in [-0.25, -0.2) is 4.98 Å². The van der Waals surface area contributed by atoms with Gasteiger partial charge in [0.1, 0.15) is 5.82 Å². The lowest BCUT2D eigenvalue weighted by molar-refractivity contribution is 0.620. The highest BCUT2D eigenvalue weighted by molar-refractivity contribution is 6.36. The van der Waals surface area contributed by atoms with Gasteiger partial charge in [-0.05, 0) is 48.4 Å². The second-order valence-electron chi connectivity index (χ2n) is 8.82. The average molecular weight is 514 g/mol. The van der Waals surface area contributed by atoms with Gasteiger partial charge in [0.15, 0.2) is 0 Å². The lowest BCUT2D eigenvalue weighted by Crippen LogP contribution is -2.29. The molecule has 0 fully saturated rings. The van der Waals surface area contributed by atoms with Crippen LogP contribution in [0.3, 0.4) is 0 Å². The molecule has 0 bridgehead atoms. The van der Waals surface area contributed by atoms with E-state index in [0.29, 0.717) is 33.3 Å². The highest BCUT2D eigenvalue weighted by atomic mass is 35.5. The van der Waals surface area contributed by atoms with Crippen LogP contribution in [-0.4, -0.2) is 16.6 Å². The maximum absolute atomic E-state index is 14.0. The molecule has 1 aromatic heterocycles. The minimum Gasteiger partial charge on any atom is -0.370 e. The summed E-state index contributed by atoms with van der Waals surface area (Å²) >= 11 is 12.8. The Morgan fingerprint density at radius 2 is 1.42 bits per heavy atom. The van der Waals surface area contributed by atoms with Crippen LogP contribution in [0.5, 0.6) is 0 Å². The average Bonchev–Trinajstić information content (AvgIpc) is 2.89. The second kappa shape index (κ2) is 10.2.